The molecule has 0 aromatic carbocycles. The summed E-state index contributed by atoms with van der Waals surface area (Å²) in [5, 5.41) is 25.3. The van der Waals surface area contributed by atoms with Crippen LogP contribution >= 0.6 is 34.9 Å². The first-order valence-electron chi connectivity index (χ1n) is 9.80. The molecule has 1 saturated heterocycles. The number of rotatable bonds is 10. The molecule has 1 fully saturated rings. The standard InChI is InChI=1S/C18H16F3N5O8S3/c1-35-3-6-4-36-14-10(13(30)26(14)11(6)15(31)32)23-12(29)9(25-34-2-8(27)28)7-5-37-17(22-7)24-16(33)18(19,20)21/h5,10,14H,2-4H2,1H3,(H,23,29)(H,27,28)(H,31,32)(H,22,24,33)/t10?,14-/m1/s1. The van der Waals surface area contributed by atoms with E-state index >= 15 is 0 Å². The van der Waals surface area contributed by atoms with E-state index in [4.69, 9.17) is 5.11 Å². The van der Waals surface area contributed by atoms with E-state index in [1.54, 1.807) is 6.26 Å². The molecule has 2 aliphatic rings. The minimum Gasteiger partial charge on any atom is -0.479 e. The fourth-order valence-electron chi connectivity index (χ4n) is 3.14. The molecule has 200 valence electrons. The molecule has 3 heterocycles. The number of carbonyl (C=O) groups excluding carboxylic acids is 3. The van der Waals surface area contributed by atoms with Gasteiger partial charge in [-0.25, -0.2) is 14.6 Å². The van der Waals surface area contributed by atoms with Crippen molar-refractivity contribution in [3.8, 4) is 0 Å². The summed E-state index contributed by atoms with van der Waals surface area (Å²) < 4.78 is 37.5. The van der Waals surface area contributed by atoms with Gasteiger partial charge in [0.1, 0.15) is 22.8 Å². The van der Waals surface area contributed by atoms with Gasteiger partial charge in [-0.3, -0.25) is 24.6 Å². The Labute approximate surface area is 217 Å². The van der Waals surface area contributed by atoms with Crippen molar-refractivity contribution >= 4 is 75.4 Å². The monoisotopic (exact) mass is 583 g/mol. The van der Waals surface area contributed by atoms with Gasteiger partial charge in [-0.15, -0.1) is 23.1 Å². The number of halogens is 3. The summed E-state index contributed by atoms with van der Waals surface area (Å²) in [4.78, 5) is 68.6. The summed E-state index contributed by atoms with van der Waals surface area (Å²) in [6.07, 6.45) is -3.42. The number of hydrogen-bond acceptors (Lipinski definition) is 11. The third kappa shape index (κ3) is 6.34. The molecule has 2 aliphatic heterocycles. The largest absolute Gasteiger partial charge is 0.479 e. The molecule has 1 aromatic rings. The molecule has 37 heavy (non-hydrogen) atoms. The van der Waals surface area contributed by atoms with Gasteiger partial charge in [-0.05, 0) is 11.8 Å². The number of carboxylic acids is 2. The van der Waals surface area contributed by atoms with Crippen LogP contribution in [0.2, 0.25) is 0 Å². The van der Waals surface area contributed by atoms with Gasteiger partial charge in [0.2, 0.25) is 6.61 Å². The van der Waals surface area contributed by atoms with Crippen LogP contribution < -0.4 is 10.6 Å². The molecule has 1 unspecified atom stereocenters. The van der Waals surface area contributed by atoms with Crippen LogP contribution in [0.25, 0.3) is 0 Å². The van der Waals surface area contributed by atoms with Crippen molar-refractivity contribution in [2.24, 2.45) is 5.16 Å². The minimum absolute atomic E-state index is 0.170. The van der Waals surface area contributed by atoms with E-state index in [2.05, 4.69) is 20.3 Å². The number of β-lactam (4-membered cyclic amide) rings is 1. The van der Waals surface area contributed by atoms with E-state index < -0.39 is 64.7 Å². The second-order valence-corrected chi connectivity index (χ2v) is 9.98. The van der Waals surface area contributed by atoms with Crippen molar-refractivity contribution in [3.63, 3.8) is 0 Å². The number of carboxylic acid groups (broad SMARTS) is 2. The fraction of sp³-hybridized carbons (Fsp3) is 0.389. The number of fused-ring (bicyclic) bond motifs is 1. The van der Waals surface area contributed by atoms with Gasteiger partial charge in [0.25, 0.3) is 11.8 Å². The highest BCUT2D eigenvalue weighted by molar-refractivity contribution is 8.00. The summed E-state index contributed by atoms with van der Waals surface area (Å²) in [7, 11) is 0. The third-order valence-corrected chi connectivity index (χ3v) is 7.37. The number of aromatic nitrogens is 1. The highest BCUT2D eigenvalue weighted by Gasteiger charge is 2.54. The summed E-state index contributed by atoms with van der Waals surface area (Å²) in [5.41, 5.74) is -0.691. The van der Waals surface area contributed by atoms with E-state index in [1.165, 1.54) is 28.8 Å². The maximum atomic E-state index is 12.9. The lowest BCUT2D eigenvalue weighted by atomic mass is 10.0. The first-order chi connectivity index (χ1) is 17.3. The molecule has 2 atom stereocenters. The highest BCUT2D eigenvalue weighted by atomic mass is 32.2. The van der Waals surface area contributed by atoms with E-state index in [0.717, 1.165) is 10.3 Å². The topological polar surface area (TPSA) is 188 Å². The SMILES string of the molecule is CSCC1=C(C(=O)O)N2C(=O)C(NC(=O)C(=NOCC(=O)O)c3csc(NC(=O)C(F)(F)F)n3)[C@H]2SC1. The Balaban J connectivity index is 1.80. The van der Waals surface area contributed by atoms with Crippen LogP contribution in [0.4, 0.5) is 18.3 Å². The Kier molecular flexibility index (Phi) is 8.69. The summed E-state index contributed by atoms with van der Waals surface area (Å²) in [5.74, 6) is -6.19. The molecule has 0 bridgehead atoms. The zero-order valence-electron chi connectivity index (χ0n) is 18.4. The van der Waals surface area contributed by atoms with Gasteiger partial charge >= 0.3 is 24.0 Å². The molecule has 4 N–H and O–H groups in total. The van der Waals surface area contributed by atoms with Crippen LogP contribution in [0.15, 0.2) is 21.8 Å². The van der Waals surface area contributed by atoms with Crippen LogP contribution in [0.1, 0.15) is 5.69 Å². The second kappa shape index (κ2) is 11.4. The van der Waals surface area contributed by atoms with Crippen molar-refractivity contribution < 1.29 is 52.2 Å². The molecule has 3 amide bonds. The number of anilines is 1. The number of nitrogens with one attached hydrogen (secondary N) is 2. The molecule has 3 rings (SSSR count). The highest BCUT2D eigenvalue weighted by Crippen LogP contribution is 2.41. The zero-order chi connectivity index (χ0) is 27.5. The molecule has 0 aliphatic carbocycles. The molecule has 0 saturated carbocycles. The number of thioether (sulfide) groups is 2. The van der Waals surface area contributed by atoms with E-state index in [-0.39, 0.29) is 11.4 Å². The van der Waals surface area contributed by atoms with Gasteiger partial charge in [0, 0.05) is 16.9 Å². The number of carbonyl (C=O) groups is 5. The lowest BCUT2D eigenvalue weighted by molar-refractivity contribution is -0.167. The maximum Gasteiger partial charge on any atom is 0.471 e. The molecule has 0 spiro atoms. The van der Waals surface area contributed by atoms with Crippen LogP contribution in [0, 0.1) is 0 Å². The first-order valence-corrected chi connectivity index (χ1v) is 13.1. The Bertz CT molecular complexity index is 1200. The predicted molar refractivity (Wildman–Crippen MR) is 125 cm³/mol. The number of amides is 3. The minimum atomic E-state index is -5.20. The average Bonchev–Trinajstić information content (AvgIpc) is 3.27. The molecule has 13 nitrogen and oxygen atoms in total. The number of oxime groups is 1. The predicted octanol–water partition coefficient (Wildman–Crippen LogP) is 0.551. The van der Waals surface area contributed by atoms with Crippen LogP contribution in [0.5, 0.6) is 0 Å². The van der Waals surface area contributed by atoms with Crippen molar-refractivity contribution in [2.75, 3.05) is 29.7 Å². The summed E-state index contributed by atoms with van der Waals surface area (Å²) in [6.45, 7) is -0.974. The van der Waals surface area contributed by atoms with E-state index in [0.29, 0.717) is 28.4 Å². The van der Waals surface area contributed by atoms with Crippen LogP contribution in [0.3, 0.4) is 0 Å². The van der Waals surface area contributed by atoms with Crippen molar-refractivity contribution in [2.45, 2.75) is 17.6 Å². The van der Waals surface area contributed by atoms with Crippen LogP contribution in [-0.4, -0.2) is 97.4 Å². The quantitative estimate of drug-likeness (QED) is 0.171. The van der Waals surface area contributed by atoms with Crippen molar-refractivity contribution in [1.29, 1.82) is 0 Å². The van der Waals surface area contributed by atoms with Gasteiger partial charge in [-0.2, -0.15) is 24.9 Å². The lowest BCUT2D eigenvalue weighted by Gasteiger charge is -2.49. The Morgan fingerprint density at radius 1 is 1.32 bits per heavy atom. The second-order valence-electron chi connectivity index (χ2n) is 7.15. The van der Waals surface area contributed by atoms with E-state index in [1.807, 2.05) is 0 Å². The first kappa shape index (κ1) is 28.3. The maximum absolute atomic E-state index is 12.9. The van der Waals surface area contributed by atoms with Gasteiger partial charge < -0.3 is 20.4 Å². The van der Waals surface area contributed by atoms with E-state index in [9.17, 15) is 42.3 Å². The number of aliphatic carboxylic acids is 2. The molecular formula is C18H16F3N5O8S3. The number of alkyl halides is 3. The molecule has 19 heteroatoms. The van der Waals surface area contributed by atoms with Crippen LogP contribution in [-0.2, 0) is 28.8 Å². The normalized spacial score (nSPS) is 19.6. The molecule has 0 radical (unpaired) electrons. The number of nitrogens with zero attached hydrogens (tertiary/aromatic N) is 3. The fourth-order valence-corrected chi connectivity index (χ4v) is 5.90. The Morgan fingerprint density at radius 2 is 2.03 bits per heavy atom. The summed E-state index contributed by atoms with van der Waals surface area (Å²) >= 11 is 3.11. The zero-order valence-corrected chi connectivity index (χ0v) is 20.8. The molecular weight excluding hydrogens is 567 g/mol. The Hall–Kier alpha value is -3.32. The smallest absolute Gasteiger partial charge is 0.471 e. The van der Waals surface area contributed by atoms with Gasteiger partial charge in [-0.1, -0.05) is 5.16 Å². The average molecular weight is 584 g/mol. The summed E-state index contributed by atoms with van der Waals surface area (Å²) in [6, 6.07) is -1.18. The Morgan fingerprint density at radius 3 is 2.62 bits per heavy atom. The molecule has 1 aromatic heterocycles. The van der Waals surface area contributed by atoms with Gasteiger partial charge in [0.15, 0.2) is 10.8 Å². The van der Waals surface area contributed by atoms with Gasteiger partial charge in [0.05, 0.1) is 0 Å². The number of thiazole rings is 1. The number of hydrogen-bond donors (Lipinski definition) is 4. The lowest BCUT2D eigenvalue weighted by Crippen LogP contribution is -2.71. The van der Waals surface area contributed by atoms with Crippen molar-refractivity contribution in [3.05, 3.63) is 22.3 Å². The third-order valence-electron chi connectivity index (χ3n) is 4.64. The van der Waals surface area contributed by atoms with Crippen molar-refractivity contribution in [1.82, 2.24) is 15.2 Å².